The number of nitrogens with two attached hydrogens (primary N) is 1. The molecule has 1 amide bonds. The predicted molar refractivity (Wildman–Crippen MR) is 68.8 cm³/mol. The van der Waals surface area contributed by atoms with E-state index in [1.807, 2.05) is 0 Å². The zero-order valence-electron chi connectivity index (χ0n) is 9.69. The van der Waals surface area contributed by atoms with Crippen LogP contribution in [0.2, 0.25) is 0 Å². The van der Waals surface area contributed by atoms with Crippen molar-refractivity contribution in [2.45, 2.75) is 12.5 Å². The number of benzene rings is 1. The molecule has 0 aliphatic carbocycles. The largest absolute Gasteiger partial charge is 0.454 e. The molecule has 1 aromatic rings. The van der Waals surface area contributed by atoms with Crippen LogP contribution in [0.4, 0.5) is 0 Å². The molecule has 2 heterocycles. The van der Waals surface area contributed by atoms with Gasteiger partial charge < -0.3 is 20.1 Å². The molecule has 1 fully saturated rings. The van der Waals surface area contributed by atoms with E-state index in [0.29, 0.717) is 30.2 Å². The molecule has 2 aliphatic rings. The van der Waals surface area contributed by atoms with Crippen LogP contribution in [0.5, 0.6) is 11.5 Å². The van der Waals surface area contributed by atoms with Crippen molar-refractivity contribution >= 4 is 21.8 Å². The second-order valence-electron chi connectivity index (χ2n) is 4.49. The van der Waals surface area contributed by atoms with E-state index in [1.54, 1.807) is 17.0 Å². The summed E-state index contributed by atoms with van der Waals surface area (Å²) in [6, 6.07) is 3.57. The van der Waals surface area contributed by atoms with Crippen molar-refractivity contribution < 1.29 is 14.3 Å². The average Bonchev–Trinajstić information content (AvgIpc) is 2.96. The van der Waals surface area contributed by atoms with E-state index in [2.05, 4.69) is 15.9 Å². The molecule has 1 saturated heterocycles. The van der Waals surface area contributed by atoms with Gasteiger partial charge in [0.2, 0.25) is 6.79 Å². The van der Waals surface area contributed by atoms with Crippen molar-refractivity contribution in [3.8, 4) is 11.5 Å². The van der Waals surface area contributed by atoms with E-state index in [9.17, 15) is 4.79 Å². The first-order valence-corrected chi connectivity index (χ1v) is 6.58. The fourth-order valence-electron chi connectivity index (χ4n) is 2.25. The lowest BCUT2D eigenvalue weighted by molar-refractivity contribution is 0.0790. The lowest BCUT2D eigenvalue weighted by Crippen LogP contribution is -2.31. The summed E-state index contributed by atoms with van der Waals surface area (Å²) in [4.78, 5) is 14.1. The van der Waals surface area contributed by atoms with Crippen molar-refractivity contribution in [3.05, 3.63) is 22.2 Å². The smallest absolute Gasteiger partial charge is 0.254 e. The second-order valence-corrected chi connectivity index (χ2v) is 5.35. The van der Waals surface area contributed by atoms with Crippen molar-refractivity contribution in [2.24, 2.45) is 5.73 Å². The lowest BCUT2D eigenvalue weighted by Gasteiger charge is -2.16. The normalized spacial score (nSPS) is 21.4. The molecule has 0 spiro atoms. The Hall–Kier alpha value is -1.27. The maximum atomic E-state index is 12.3. The number of carbonyl (C=O) groups excluding carboxylic acids is 1. The Bertz CT molecular complexity index is 506. The van der Waals surface area contributed by atoms with Gasteiger partial charge in [-0.2, -0.15) is 0 Å². The Morgan fingerprint density at radius 2 is 2.28 bits per heavy atom. The van der Waals surface area contributed by atoms with Gasteiger partial charge in [-0.15, -0.1) is 0 Å². The van der Waals surface area contributed by atoms with Crippen molar-refractivity contribution in [1.82, 2.24) is 4.90 Å². The zero-order chi connectivity index (χ0) is 12.7. The minimum absolute atomic E-state index is 0.0121. The first-order valence-electron chi connectivity index (χ1n) is 5.79. The lowest BCUT2D eigenvalue weighted by atomic mass is 10.2. The second kappa shape index (κ2) is 4.44. The van der Waals surface area contributed by atoms with Crippen LogP contribution in [0.15, 0.2) is 16.6 Å². The molecule has 0 radical (unpaired) electrons. The maximum absolute atomic E-state index is 12.3. The van der Waals surface area contributed by atoms with E-state index in [4.69, 9.17) is 15.2 Å². The van der Waals surface area contributed by atoms with Gasteiger partial charge in [0.05, 0.1) is 4.47 Å². The minimum atomic E-state index is -0.0121. The summed E-state index contributed by atoms with van der Waals surface area (Å²) in [5.74, 6) is 1.25. The van der Waals surface area contributed by atoms with Gasteiger partial charge in [0.15, 0.2) is 11.5 Å². The third-order valence-corrected chi connectivity index (χ3v) is 3.78. The molecule has 0 saturated carbocycles. The topological polar surface area (TPSA) is 64.8 Å². The van der Waals surface area contributed by atoms with Crippen LogP contribution < -0.4 is 15.2 Å². The number of nitrogens with zero attached hydrogens (tertiary/aromatic N) is 1. The molecule has 2 N–H and O–H groups in total. The molecule has 18 heavy (non-hydrogen) atoms. The van der Waals surface area contributed by atoms with Gasteiger partial charge in [-0.05, 0) is 34.5 Å². The number of fused-ring (bicyclic) bond motifs is 1. The molecule has 6 heteroatoms. The number of ether oxygens (including phenoxy) is 2. The zero-order valence-corrected chi connectivity index (χ0v) is 11.3. The number of amides is 1. The van der Waals surface area contributed by atoms with Crippen LogP contribution in [-0.4, -0.2) is 36.7 Å². The molecule has 96 valence electrons. The highest BCUT2D eigenvalue weighted by Gasteiger charge is 2.27. The van der Waals surface area contributed by atoms with Gasteiger partial charge in [0.1, 0.15) is 0 Å². The highest BCUT2D eigenvalue weighted by molar-refractivity contribution is 9.10. The van der Waals surface area contributed by atoms with Gasteiger partial charge in [-0.1, -0.05) is 0 Å². The third-order valence-electron chi connectivity index (χ3n) is 3.19. The molecule has 3 rings (SSSR count). The summed E-state index contributed by atoms with van der Waals surface area (Å²) >= 11 is 3.39. The van der Waals surface area contributed by atoms with Crippen LogP contribution in [0, 0.1) is 0 Å². The van der Waals surface area contributed by atoms with Crippen molar-refractivity contribution in [1.29, 1.82) is 0 Å². The molecule has 0 unspecified atom stereocenters. The van der Waals surface area contributed by atoms with E-state index >= 15 is 0 Å². The number of hydrogen-bond acceptors (Lipinski definition) is 4. The van der Waals surface area contributed by atoms with Crippen LogP contribution in [-0.2, 0) is 0 Å². The number of likely N-dealkylation sites (tertiary alicyclic amines) is 1. The Morgan fingerprint density at radius 1 is 1.44 bits per heavy atom. The molecular formula is C12H13BrN2O3. The number of rotatable bonds is 1. The molecule has 0 aromatic heterocycles. The van der Waals surface area contributed by atoms with E-state index in [-0.39, 0.29) is 18.7 Å². The van der Waals surface area contributed by atoms with Crippen LogP contribution in [0.3, 0.4) is 0 Å². The van der Waals surface area contributed by atoms with E-state index in [0.717, 1.165) is 10.9 Å². The average molecular weight is 313 g/mol. The van der Waals surface area contributed by atoms with Crippen molar-refractivity contribution in [2.75, 3.05) is 19.9 Å². The summed E-state index contributed by atoms with van der Waals surface area (Å²) in [5.41, 5.74) is 6.41. The first-order chi connectivity index (χ1) is 8.65. The third kappa shape index (κ3) is 1.95. The Kier molecular flexibility index (Phi) is 2.91. The molecule has 5 nitrogen and oxygen atoms in total. The summed E-state index contributed by atoms with van der Waals surface area (Å²) in [5, 5.41) is 0. The van der Waals surface area contributed by atoms with Gasteiger partial charge >= 0.3 is 0 Å². The molecule has 1 atom stereocenters. The Morgan fingerprint density at radius 3 is 3.00 bits per heavy atom. The summed E-state index contributed by atoms with van der Waals surface area (Å²) in [6.45, 7) is 1.52. The van der Waals surface area contributed by atoms with Crippen LogP contribution >= 0.6 is 15.9 Å². The maximum Gasteiger partial charge on any atom is 0.254 e. The predicted octanol–water partition coefficient (Wildman–Crippen LogP) is 1.35. The SMILES string of the molecule is N[C@H]1CCN(C(=O)c2cc(Br)c3c(c2)OCO3)C1. The van der Waals surface area contributed by atoms with Gasteiger partial charge in [-0.25, -0.2) is 0 Å². The number of hydrogen-bond donors (Lipinski definition) is 1. The van der Waals surface area contributed by atoms with Gasteiger partial charge in [0.25, 0.3) is 5.91 Å². The van der Waals surface area contributed by atoms with Crippen LogP contribution in [0.25, 0.3) is 0 Å². The molecule has 1 aromatic carbocycles. The number of halogens is 1. The fraction of sp³-hybridized carbons (Fsp3) is 0.417. The standard InChI is InChI=1S/C12H13BrN2O3/c13-9-3-7(4-10-11(9)18-6-17-10)12(16)15-2-1-8(14)5-15/h3-4,8H,1-2,5-6,14H2/t8-/m0/s1. The van der Waals surface area contributed by atoms with Crippen LogP contribution in [0.1, 0.15) is 16.8 Å². The number of carbonyl (C=O) groups is 1. The molecule has 0 bridgehead atoms. The Balaban J connectivity index is 1.88. The van der Waals surface area contributed by atoms with Crippen molar-refractivity contribution in [3.63, 3.8) is 0 Å². The van der Waals surface area contributed by atoms with Gasteiger partial charge in [-0.3, -0.25) is 4.79 Å². The van der Waals surface area contributed by atoms with Gasteiger partial charge in [0, 0.05) is 24.7 Å². The summed E-state index contributed by atoms with van der Waals surface area (Å²) in [7, 11) is 0. The first kappa shape index (κ1) is 11.8. The molecular weight excluding hydrogens is 300 g/mol. The van der Waals surface area contributed by atoms with E-state index in [1.165, 1.54) is 0 Å². The molecule has 2 aliphatic heterocycles. The highest BCUT2D eigenvalue weighted by atomic mass is 79.9. The highest BCUT2D eigenvalue weighted by Crippen LogP contribution is 2.40. The minimum Gasteiger partial charge on any atom is -0.454 e. The van der Waals surface area contributed by atoms with E-state index < -0.39 is 0 Å². The quantitative estimate of drug-likeness (QED) is 0.850. The summed E-state index contributed by atoms with van der Waals surface area (Å²) in [6.07, 6.45) is 0.859. The Labute approximate surface area is 113 Å². The summed E-state index contributed by atoms with van der Waals surface area (Å²) < 4.78 is 11.3. The monoisotopic (exact) mass is 312 g/mol. The fourth-order valence-corrected chi connectivity index (χ4v) is 2.80.